The minimum absolute atomic E-state index is 0.0831. The molecular formula is C25H29N5O10. The summed E-state index contributed by atoms with van der Waals surface area (Å²) in [5.74, 6) is -3.83. The maximum Gasteiger partial charge on any atom is 0.527 e. The highest BCUT2D eigenvalue weighted by molar-refractivity contribution is 5.96. The van der Waals surface area contributed by atoms with Crippen molar-refractivity contribution in [3.8, 4) is 17.3 Å². The molecule has 2 aromatic rings. The van der Waals surface area contributed by atoms with E-state index in [2.05, 4.69) is 15.3 Å². The molecule has 1 fully saturated rings. The molecule has 1 aromatic carbocycles. The van der Waals surface area contributed by atoms with Crippen molar-refractivity contribution in [3.05, 3.63) is 42.1 Å². The van der Waals surface area contributed by atoms with Crippen LogP contribution in [0.4, 0.5) is 4.79 Å². The van der Waals surface area contributed by atoms with Crippen LogP contribution in [0.25, 0.3) is 11.4 Å². The van der Waals surface area contributed by atoms with Gasteiger partial charge in [-0.2, -0.15) is 4.98 Å². The molecule has 2 amide bonds. The van der Waals surface area contributed by atoms with Crippen molar-refractivity contribution in [1.82, 2.24) is 25.2 Å². The third kappa shape index (κ3) is 8.90. The smallest absolute Gasteiger partial charge is 0.481 e. The highest BCUT2D eigenvalue weighted by Crippen LogP contribution is 2.20. The van der Waals surface area contributed by atoms with E-state index in [0.717, 1.165) is 6.07 Å². The number of carbonyl (C=O) groups is 5. The van der Waals surface area contributed by atoms with Crippen LogP contribution in [-0.2, 0) is 24.0 Å². The number of benzene rings is 1. The fraction of sp³-hybridized carbons (Fsp3) is 0.400. The van der Waals surface area contributed by atoms with Gasteiger partial charge in [0.2, 0.25) is 11.8 Å². The highest BCUT2D eigenvalue weighted by Gasteiger charge is 2.31. The molecule has 0 aliphatic carbocycles. The second kappa shape index (κ2) is 14.4. The van der Waals surface area contributed by atoms with E-state index in [9.17, 15) is 29.1 Å². The van der Waals surface area contributed by atoms with E-state index < -0.39 is 49.0 Å². The first kappa shape index (κ1) is 29.8. The molecule has 15 nitrogen and oxygen atoms in total. The lowest BCUT2D eigenvalue weighted by Crippen LogP contribution is -2.55. The average Bonchev–Trinajstić information content (AvgIpc) is 2.94. The van der Waals surface area contributed by atoms with E-state index in [-0.39, 0.29) is 56.6 Å². The standard InChI is InChI=1S/C25H29N5O10/c1-2-38-25(37)40-30-12-10-29(11-13-30)24(36)17(8-9-20(31)32)27-23(35)18-14-19(39-15-21(33)34)28-22(26-18)16-6-4-3-5-7-16/h3-7,14,17H,2,8-13,15H2,1H3,(H,27,35)(H,31,32)(H,33,34)/t17-/m0/s1. The van der Waals surface area contributed by atoms with Crippen LogP contribution in [0.2, 0.25) is 0 Å². The summed E-state index contributed by atoms with van der Waals surface area (Å²) in [6.07, 6.45) is -1.45. The fourth-order valence-corrected chi connectivity index (χ4v) is 3.69. The molecule has 40 heavy (non-hydrogen) atoms. The van der Waals surface area contributed by atoms with Crippen LogP contribution in [0.3, 0.4) is 0 Å². The van der Waals surface area contributed by atoms with Gasteiger partial charge in [0.15, 0.2) is 12.4 Å². The summed E-state index contributed by atoms with van der Waals surface area (Å²) in [4.78, 5) is 75.1. The van der Waals surface area contributed by atoms with Gasteiger partial charge in [-0.3, -0.25) is 14.4 Å². The molecule has 0 spiro atoms. The molecule has 0 radical (unpaired) electrons. The Balaban J connectivity index is 1.77. The molecule has 1 aliphatic rings. The van der Waals surface area contributed by atoms with E-state index in [1.54, 1.807) is 37.3 Å². The maximum atomic E-state index is 13.3. The Morgan fingerprint density at radius 2 is 1.70 bits per heavy atom. The molecule has 1 aromatic heterocycles. The summed E-state index contributed by atoms with van der Waals surface area (Å²) in [6.45, 7) is 1.73. The molecule has 15 heteroatoms. The number of hydrogen-bond donors (Lipinski definition) is 3. The van der Waals surface area contributed by atoms with E-state index in [1.807, 2.05) is 0 Å². The molecule has 3 N–H and O–H groups in total. The van der Waals surface area contributed by atoms with Crippen molar-refractivity contribution in [2.75, 3.05) is 39.4 Å². The summed E-state index contributed by atoms with van der Waals surface area (Å²) in [5.41, 5.74) is 0.314. The van der Waals surface area contributed by atoms with Crippen molar-refractivity contribution in [2.45, 2.75) is 25.8 Å². The second-order valence-corrected chi connectivity index (χ2v) is 8.45. The lowest BCUT2D eigenvalue weighted by molar-refractivity contribution is -0.157. The zero-order valence-corrected chi connectivity index (χ0v) is 21.6. The Kier molecular flexibility index (Phi) is 10.7. The van der Waals surface area contributed by atoms with Gasteiger partial charge in [0.1, 0.15) is 11.7 Å². The molecule has 214 valence electrons. The van der Waals surface area contributed by atoms with Gasteiger partial charge in [0, 0.05) is 31.1 Å². The molecule has 1 aliphatic heterocycles. The number of amides is 2. The van der Waals surface area contributed by atoms with Gasteiger partial charge in [-0.25, -0.2) is 14.6 Å². The number of piperazine rings is 1. The Morgan fingerprint density at radius 1 is 1.00 bits per heavy atom. The number of rotatable bonds is 12. The zero-order valence-electron chi connectivity index (χ0n) is 21.6. The number of hydroxylamine groups is 2. The molecule has 0 unspecified atom stereocenters. The zero-order chi connectivity index (χ0) is 29.1. The van der Waals surface area contributed by atoms with Gasteiger partial charge in [-0.05, 0) is 13.3 Å². The molecule has 2 heterocycles. The van der Waals surface area contributed by atoms with Gasteiger partial charge in [0.05, 0.1) is 19.7 Å². The predicted octanol–water partition coefficient (Wildman–Crippen LogP) is 0.803. The highest BCUT2D eigenvalue weighted by atomic mass is 16.8. The Bertz CT molecular complexity index is 1220. The fourth-order valence-electron chi connectivity index (χ4n) is 3.69. The Labute approximate surface area is 228 Å². The number of hydrogen-bond acceptors (Lipinski definition) is 11. The number of carboxylic acids is 2. The summed E-state index contributed by atoms with van der Waals surface area (Å²) >= 11 is 0. The number of ether oxygens (including phenoxy) is 2. The molecular weight excluding hydrogens is 530 g/mol. The normalized spacial score (nSPS) is 14.1. The molecule has 1 saturated heterocycles. The first-order valence-corrected chi connectivity index (χ1v) is 12.4. The number of nitrogens with zero attached hydrogens (tertiary/aromatic N) is 4. The van der Waals surface area contributed by atoms with Crippen LogP contribution < -0.4 is 10.1 Å². The first-order valence-electron chi connectivity index (χ1n) is 12.4. The summed E-state index contributed by atoms with van der Waals surface area (Å²) in [6, 6.07) is 8.51. The van der Waals surface area contributed by atoms with E-state index in [0.29, 0.717) is 5.56 Å². The van der Waals surface area contributed by atoms with Crippen LogP contribution in [0.5, 0.6) is 5.88 Å². The number of carbonyl (C=O) groups excluding carboxylic acids is 3. The second-order valence-electron chi connectivity index (χ2n) is 8.45. The maximum absolute atomic E-state index is 13.3. The van der Waals surface area contributed by atoms with Crippen LogP contribution in [0.15, 0.2) is 36.4 Å². The van der Waals surface area contributed by atoms with E-state index in [4.69, 9.17) is 19.4 Å². The number of aliphatic carboxylic acids is 2. The minimum atomic E-state index is -1.25. The lowest BCUT2D eigenvalue weighted by Gasteiger charge is -2.35. The number of carboxylic acid groups (broad SMARTS) is 2. The third-order valence-corrected chi connectivity index (χ3v) is 5.58. The van der Waals surface area contributed by atoms with Crippen LogP contribution >= 0.6 is 0 Å². The molecule has 0 saturated carbocycles. The topological polar surface area (TPSA) is 198 Å². The summed E-state index contributed by atoms with van der Waals surface area (Å²) < 4.78 is 9.90. The minimum Gasteiger partial charge on any atom is -0.481 e. The SMILES string of the molecule is CCOC(=O)ON1CCN(C(=O)[C@H](CCC(=O)O)NC(=O)c2cc(OCC(=O)O)nc(-c3ccccc3)n2)CC1. The largest absolute Gasteiger partial charge is 0.527 e. The van der Waals surface area contributed by atoms with Gasteiger partial charge >= 0.3 is 18.1 Å². The predicted molar refractivity (Wildman–Crippen MR) is 135 cm³/mol. The third-order valence-electron chi connectivity index (χ3n) is 5.58. The monoisotopic (exact) mass is 559 g/mol. The van der Waals surface area contributed by atoms with E-state index in [1.165, 1.54) is 9.96 Å². The Morgan fingerprint density at radius 3 is 2.33 bits per heavy atom. The summed E-state index contributed by atoms with van der Waals surface area (Å²) in [5, 5.41) is 22.0. The van der Waals surface area contributed by atoms with Gasteiger partial charge in [-0.1, -0.05) is 30.3 Å². The van der Waals surface area contributed by atoms with E-state index >= 15 is 0 Å². The number of aromatic nitrogens is 2. The van der Waals surface area contributed by atoms with Crippen LogP contribution in [-0.4, -0.2) is 105 Å². The molecule has 0 bridgehead atoms. The van der Waals surface area contributed by atoms with Crippen LogP contribution in [0.1, 0.15) is 30.3 Å². The average molecular weight is 560 g/mol. The van der Waals surface area contributed by atoms with Gasteiger partial charge < -0.3 is 34.7 Å². The first-order chi connectivity index (χ1) is 19.2. The van der Waals surface area contributed by atoms with Crippen molar-refractivity contribution in [2.24, 2.45) is 0 Å². The van der Waals surface area contributed by atoms with Crippen molar-refractivity contribution in [1.29, 1.82) is 0 Å². The Hall–Kier alpha value is -4.79. The molecule has 1 atom stereocenters. The lowest BCUT2D eigenvalue weighted by atomic mass is 10.1. The van der Waals surface area contributed by atoms with Crippen molar-refractivity contribution in [3.63, 3.8) is 0 Å². The van der Waals surface area contributed by atoms with Gasteiger partial charge in [-0.15, -0.1) is 5.06 Å². The van der Waals surface area contributed by atoms with Crippen molar-refractivity contribution >= 4 is 29.9 Å². The quantitative estimate of drug-likeness (QED) is 0.309. The van der Waals surface area contributed by atoms with Crippen LogP contribution in [0, 0.1) is 0 Å². The molecule has 3 rings (SSSR count). The van der Waals surface area contributed by atoms with Crippen molar-refractivity contribution < 1.29 is 48.5 Å². The number of nitrogens with one attached hydrogen (secondary N) is 1. The van der Waals surface area contributed by atoms with Gasteiger partial charge in [0.25, 0.3) is 5.91 Å². The summed E-state index contributed by atoms with van der Waals surface area (Å²) in [7, 11) is 0.